The summed E-state index contributed by atoms with van der Waals surface area (Å²) in [7, 11) is 0. The number of H-pyrrole nitrogens is 1. The largest absolute Gasteiger partial charge is 0.435 e. The summed E-state index contributed by atoms with van der Waals surface area (Å²) in [5.74, 6) is -1.02. The van der Waals surface area contributed by atoms with Gasteiger partial charge in [0.2, 0.25) is 0 Å². The van der Waals surface area contributed by atoms with Crippen molar-refractivity contribution >= 4 is 6.29 Å². The van der Waals surface area contributed by atoms with Crippen molar-refractivity contribution in [3.05, 3.63) is 17.2 Å². The molecule has 15 heavy (non-hydrogen) atoms. The Bertz CT molecular complexity index is 344. The molecule has 0 aromatic carbocycles. The second kappa shape index (κ2) is 3.24. The van der Waals surface area contributed by atoms with Crippen molar-refractivity contribution in [3.8, 4) is 0 Å². The molecule has 0 saturated heterocycles. The maximum atomic E-state index is 12.0. The second-order valence-corrected chi connectivity index (χ2v) is 2.46. The molecule has 0 unspecified atom stereocenters. The van der Waals surface area contributed by atoms with Crippen LogP contribution in [0.25, 0.3) is 0 Å². The van der Waals surface area contributed by atoms with Crippen molar-refractivity contribution < 1.29 is 31.1 Å². The van der Waals surface area contributed by atoms with Gasteiger partial charge in [0.1, 0.15) is 0 Å². The number of nitrogens with one attached hydrogen (secondary N) is 1. The minimum atomic E-state index is -5.26. The molecule has 0 atom stereocenters. The zero-order chi connectivity index (χ0) is 11.9. The number of rotatable bonds is 1. The summed E-state index contributed by atoms with van der Waals surface area (Å²) >= 11 is 0. The number of alkyl halides is 6. The quantitative estimate of drug-likeness (QED) is 0.596. The Kier molecular flexibility index (Phi) is 2.49. The number of halogens is 6. The van der Waals surface area contributed by atoms with Gasteiger partial charge in [-0.05, 0) is 0 Å². The third-order valence-electron chi connectivity index (χ3n) is 1.39. The van der Waals surface area contributed by atoms with Crippen molar-refractivity contribution in [2.45, 2.75) is 12.4 Å². The van der Waals surface area contributed by atoms with Crippen LogP contribution in [-0.4, -0.2) is 16.3 Å². The van der Waals surface area contributed by atoms with Gasteiger partial charge in [-0.25, -0.2) is 4.98 Å². The predicted molar refractivity (Wildman–Crippen MR) is 34.0 cm³/mol. The molecule has 0 amide bonds. The zero-order valence-electron chi connectivity index (χ0n) is 6.70. The molecule has 3 nitrogen and oxygen atoms in total. The lowest BCUT2D eigenvalue weighted by Gasteiger charge is -2.08. The van der Waals surface area contributed by atoms with Crippen LogP contribution in [0, 0.1) is 0 Å². The fraction of sp³-hybridized carbons (Fsp3) is 0.333. The molecule has 0 aliphatic heterocycles. The van der Waals surface area contributed by atoms with Gasteiger partial charge in [-0.2, -0.15) is 26.3 Å². The topological polar surface area (TPSA) is 45.8 Å². The number of carbonyl (C=O) groups is 1. The normalized spacial score (nSPS) is 12.9. The smallest absolute Gasteiger partial charge is 0.332 e. The number of hydrogen-bond donors (Lipinski definition) is 1. The van der Waals surface area contributed by atoms with E-state index in [1.54, 1.807) is 0 Å². The lowest BCUT2D eigenvalue weighted by atomic mass is 10.3. The van der Waals surface area contributed by atoms with Crippen LogP contribution >= 0.6 is 0 Å². The lowest BCUT2D eigenvalue weighted by molar-refractivity contribution is -0.165. The van der Waals surface area contributed by atoms with Gasteiger partial charge in [0.05, 0.1) is 0 Å². The van der Waals surface area contributed by atoms with E-state index in [1.165, 1.54) is 4.98 Å². The number of imidazole rings is 1. The van der Waals surface area contributed by atoms with E-state index in [2.05, 4.69) is 4.98 Å². The first-order valence-electron chi connectivity index (χ1n) is 3.36. The van der Waals surface area contributed by atoms with E-state index in [0.29, 0.717) is 0 Å². The Hall–Kier alpha value is -1.54. The highest BCUT2D eigenvalue weighted by molar-refractivity contribution is 5.69. The van der Waals surface area contributed by atoms with Gasteiger partial charge in [-0.15, -0.1) is 0 Å². The summed E-state index contributed by atoms with van der Waals surface area (Å²) in [4.78, 5) is 13.7. The third-order valence-corrected chi connectivity index (χ3v) is 1.39. The maximum Gasteiger partial charge on any atom is 0.435 e. The molecule has 0 aliphatic rings. The molecule has 0 spiro atoms. The number of aromatic amines is 1. The van der Waals surface area contributed by atoms with E-state index < -0.39 is 29.6 Å². The minimum Gasteiger partial charge on any atom is -0.332 e. The molecule has 1 heterocycles. The number of aromatic nitrogens is 2. The standard InChI is InChI=1S/C6H2F6N2O/c7-5(8,9)3-4(6(10,11)12)14-2(1-15)13-3/h1H,(H,13,14). The van der Waals surface area contributed by atoms with Crippen LogP contribution in [0.5, 0.6) is 0 Å². The van der Waals surface area contributed by atoms with Gasteiger partial charge in [0.25, 0.3) is 0 Å². The zero-order valence-corrected chi connectivity index (χ0v) is 6.70. The maximum absolute atomic E-state index is 12.0. The summed E-state index contributed by atoms with van der Waals surface area (Å²) in [5.41, 5.74) is -4.21. The fourth-order valence-corrected chi connectivity index (χ4v) is 0.858. The van der Waals surface area contributed by atoms with Crippen molar-refractivity contribution in [2.24, 2.45) is 0 Å². The summed E-state index contributed by atoms with van der Waals surface area (Å²) < 4.78 is 72.2. The van der Waals surface area contributed by atoms with Gasteiger partial charge in [0, 0.05) is 0 Å². The highest BCUT2D eigenvalue weighted by atomic mass is 19.4. The van der Waals surface area contributed by atoms with Gasteiger partial charge in [-0.1, -0.05) is 0 Å². The van der Waals surface area contributed by atoms with Gasteiger partial charge in [-0.3, -0.25) is 4.79 Å². The average Bonchev–Trinajstić information content (AvgIpc) is 2.44. The molecular formula is C6H2F6N2O. The number of nitrogens with zero attached hydrogens (tertiary/aromatic N) is 1. The molecule has 9 heteroatoms. The minimum absolute atomic E-state index is 0.232. The molecule has 84 valence electrons. The number of carbonyl (C=O) groups excluding carboxylic acids is 1. The molecule has 0 bridgehead atoms. The van der Waals surface area contributed by atoms with Gasteiger partial charge in [0.15, 0.2) is 23.5 Å². The first kappa shape index (κ1) is 11.5. The van der Waals surface area contributed by atoms with Crippen molar-refractivity contribution in [2.75, 3.05) is 0 Å². The van der Waals surface area contributed by atoms with Crippen molar-refractivity contribution in [3.63, 3.8) is 0 Å². The molecule has 0 fully saturated rings. The summed E-state index contributed by atoms with van der Waals surface area (Å²) in [5, 5.41) is 0. The predicted octanol–water partition coefficient (Wildman–Crippen LogP) is 2.26. The van der Waals surface area contributed by atoms with E-state index in [0.717, 1.165) is 0 Å². The Labute approximate surface area is 78.1 Å². The molecule has 0 radical (unpaired) electrons. The molecule has 1 aromatic heterocycles. The van der Waals surface area contributed by atoms with Crippen LogP contribution in [0.15, 0.2) is 0 Å². The van der Waals surface area contributed by atoms with E-state index in [9.17, 15) is 31.1 Å². The Morgan fingerprint density at radius 3 is 1.87 bits per heavy atom. The third kappa shape index (κ3) is 2.28. The van der Waals surface area contributed by atoms with Crippen LogP contribution in [0.1, 0.15) is 22.0 Å². The van der Waals surface area contributed by atoms with Crippen LogP contribution in [0.3, 0.4) is 0 Å². The van der Waals surface area contributed by atoms with Gasteiger partial charge < -0.3 is 4.98 Å². The van der Waals surface area contributed by atoms with Crippen LogP contribution < -0.4 is 0 Å². The first-order valence-corrected chi connectivity index (χ1v) is 3.36. The van der Waals surface area contributed by atoms with Crippen LogP contribution in [0.2, 0.25) is 0 Å². The molecule has 1 aromatic rings. The van der Waals surface area contributed by atoms with E-state index in [1.807, 2.05) is 0 Å². The Morgan fingerprint density at radius 1 is 1.07 bits per heavy atom. The molecular weight excluding hydrogens is 230 g/mol. The SMILES string of the molecule is O=Cc1nc(C(F)(F)F)c(C(F)(F)F)[nH]1. The van der Waals surface area contributed by atoms with E-state index >= 15 is 0 Å². The van der Waals surface area contributed by atoms with Crippen LogP contribution in [-0.2, 0) is 12.4 Å². The lowest BCUT2D eigenvalue weighted by Crippen LogP contribution is -2.16. The Balaban J connectivity index is 3.37. The van der Waals surface area contributed by atoms with Crippen molar-refractivity contribution in [1.82, 2.24) is 9.97 Å². The average molecular weight is 232 g/mol. The Morgan fingerprint density at radius 2 is 1.60 bits per heavy atom. The number of aldehydes is 1. The second-order valence-electron chi connectivity index (χ2n) is 2.46. The summed E-state index contributed by atoms with van der Waals surface area (Å²) in [6.07, 6.45) is -10.7. The molecule has 1 N–H and O–H groups in total. The molecule has 0 saturated carbocycles. The summed E-state index contributed by atoms with van der Waals surface area (Å²) in [6.45, 7) is 0. The summed E-state index contributed by atoms with van der Waals surface area (Å²) in [6, 6.07) is 0. The van der Waals surface area contributed by atoms with E-state index in [4.69, 9.17) is 0 Å². The molecule has 1 rings (SSSR count). The highest BCUT2D eigenvalue weighted by Gasteiger charge is 2.46. The highest BCUT2D eigenvalue weighted by Crippen LogP contribution is 2.38. The number of hydrogen-bond acceptors (Lipinski definition) is 2. The van der Waals surface area contributed by atoms with Crippen molar-refractivity contribution in [1.29, 1.82) is 0 Å². The van der Waals surface area contributed by atoms with Crippen LogP contribution in [0.4, 0.5) is 26.3 Å². The van der Waals surface area contributed by atoms with Gasteiger partial charge >= 0.3 is 12.4 Å². The van der Waals surface area contributed by atoms with E-state index in [-0.39, 0.29) is 6.29 Å². The first-order chi connectivity index (χ1) is 6.66. The fourth-order valence-electron chi connectivity index (χ4n) is 0.858. The molecule has 0 aliphatic carbocycles. The monoisotopic (exact) mass is 232 g/mol.